The number of nitrogens with zero attached hydrogens (tertiary/aromatic N) is 2. The van der Waals surface area contributed by atoms with Crippen LogP contribution in [0, 0.1) is 6.92 Å². The van der Waals surface area contributed by atoms with E-state index >= 15 is 0 Å². The van der Waals surface area contributed by atoms with Crippen LogP contribution in [0.25, 0.3) is 11.3 Å². The fourth-order valence-electron chi connectivity index (χ4n) is 2.30. The van der Waals surface area contributed by atoms with Gasteiger partial charge in [0.15, 0.2) is 0 Å². The molecule has 3 nitrogen and oxygen atoms in total. The molecule has 1 aromatic heterocycles. The molecule has 0 saturated heterocycles. The summed E-state index contributed by atoms with van der Waals surface area (Å²) in [5.41, 5.74) is 11.2. The minimum Gasteiger partial charge on any atom is -0.396 e. The number of aryl methyl sites for hydroxylation is 1. The fourth-order valence-corrected chi connectivity index (χ4v) is 2.30. The minimum absolute atomic E-state index is 0.713. The summed E-state index contributed by atoms with van der Waals surface area (Å²) in [7, 11) is 0. The van der Waals surface area contributed by atoms with Gasteiger partial charge in [0.25, 0.3) is 0 Å². The van der Waals surface area contributed by atoms with Crippen LogP contribution >= 0.6 is 0 Å². The summed E-state index contributed by atoms with van der Waals surface area (Å²) in [6, 6.07) is 18.4. The second kappa shape index (κ2) is 5.21. The van der Waals surface area contributed by atoms with E-state index in [2.05, 4.69) is 24.2 Å². The topological polar surface area (TPSA) is 43.8 Å². The SMILES string of the molecule is Cc1ccccc1Cn1cc(N)c(-c2ccccc2)n1. The third-order valence-electron chi connectivity index (χ3n) is 3.43. The van der Waals surface area contributed by atoms with Gasteiger partial charge < -0.3 is 5.73 Å². The second-order valence-corrected chi connectivity index (χ2v) is 4.92. The monoisotopic (exact) mass is 263 g/mol. The minimum atomic E-state index is 0.713. The summed E-state index contributed by atoms with van der Waals surface area (Å²) in [6.45, 7) is 2.85. The molecule has 3 aromatic rings. The van der Waals surface area contributed by atoms with Gasteiger partial charge in [-0.1, -0.05) is 54.6 Å². The Balaban J connectivity index is 1.92. The molecule has 0 aliphatic carbocycles. The average molecular weight is 263 g/mol. The molecule has 0 bridgehead atoms. The van der Waals surface area contributed by atoms with Crippen molar-refractivity contribution >= 4 is 5.69 Å². The van der Waals surface area contributed by atoms with Crippen molar-refractivity contribution < 1.29 is 0 Å². The van der Waals surface area contributed by atoms with Crippen molar-refractivity contribution in [1.82, 2.24) is 9.78 Å². The lowest BCUT2D eigenvalue weighted by atomic mass is 10.1. The number of hydrogen-bond acceptors (Lipinski definition) is 2. The molecule has 0 radical (unpaired) electrons. The molecule has 0 unspecified atom stereocenters. The predicted octanol–water partition coefficient (Wildman–Crippen LogP) is 3.49. The van der Waals surface area contributed by atoms with E-state index in [9.17, 15) is 0 Å². The number of anilines is 1. The molecule has 1 heterocycles. The smallest absolute Gasteiger partial charge is 0.115 e. The highest BCUT2D eigenvalue weighted by molar-refractivity contribution is 5.71. The standard InChI is InChI=1S/C17H17N3/c1-13-7-5-6-10-15(13)11-20-12-16(18)17(19-20)14-8-3-2-4-9-14/h2-10,12H,11,18H2,1H3. The number of nitrogens with two attached hydrogens (primary N) is 1. The summed E-state index contributed by atoms with van der Waals surface area (Å²) >= 11 is 0. The third-order valence-corrected chi connectivity index (χ3v) is 3.43. The Bertz CT molecular complexity index is 714. The normalized spacial score (nSPS) is 10.7. The number of aromatic nitrogens is 2. The zero-order valence-electron chi connectivity index (χ0n) is 11.5. The zero-order valence-corrected chi connectivity index (χ0v) is 11.5. The third kappa shape index (κ3) is 2.43. The van der Waals surface area contributed by atoms with Gasteiger partial charge in [0.1, 0.15) is 5.69 Å². The summed E-state index contributed by atoms with van der Waals surface area (Å²) in [4.78, 5) is 0. The van der Waals surface area contributed by atoms with E-state index < -0.39 is 0 Å². The molecule has 0 aliphatic rings. The maximum absolute atomic E-state index is 6.08. The molecule has 0 atom stereocenters. The van der Waals surface area contributed by atoms with E-state index in [1.165, 1.54) is 11.1 Å². The first-order chi connectivity index (χ1) is 9.74. The van der Waals surface area contributed by atoms with Crippen molar-refractivity contribution in [3.8, 4) is 11.3 Å². The molecule has 3 rings (SSSR count). The van der Waals surface area contributed by atoms with Crippen molar-refractivity contribution in [3.63, 3.8) is 0 Å². The lowest BCUT2D eigenvalue weighted by Crippen LogP contribution is -2.02. The van der Waals surface area contributed by atoms with Gasteiger partial charge in [-0.05, 0) is 18.1 Å². The Kier molecular flexibility index (Phi) is 3.25. The Morgan fingerprint density at radius 3 is 2.45 bits per heavy atom. The van der Waals surface area contributed by atoms with E-state index in [1.807, 2.05) is 53.3 Å². The second-order valence-electron chi connectivity index (χ2n) is 4.92. The molecule has 2 N–H and O–H groups in total. The molecule has 100 valence electrons. The van der Waals surface area contributed by atoms with Gasteiger partial charge in [-0.3, -0.25) is 4.68 Å². The first kappa shape index (κ1) is 12.5. The van der Waals surface area contributed by atoms with Crippen LogP contribution in [-0.2, 0) is 6.54 Å². The molecule has 0 fully saturated rings. The van der Waals surface area contributed by atoms with E-state index in [-0.39, 0.29) is 0 Å². The van der Waals surface area contributed by atoms with Crippen molar-refractivity contribution in [1.29, 1.82) is 0 Å². The molecule has 0 aliphatic heterocycles. The van der Waals surface area contributed by atoms with Crippen LogP contribution in [0.4, 0.5) is 5.69 Å². The highest BCUT2D eigenvalue weighted by atomic mass is 15.3. The van der Waals surface area contributed by atoms with Gasteiger partial charge in [0.05, 0.1) is 12.2 Å². The maximum atomic E-state index is 6.08. The fraction of sp³-hybridized carbons (Fsp3) is 0.118. The quantitative estimate of drug-likeness (QED) is 0.786. The Morgan fingerprint density at radius 2 is 1.70 bits per heavy atom. The van der Waals surface area contributed by atoms with Gasteiger partial charge in [-0.2, -0.15) is 5.10 Å². The van der Waals surface area contributed by atoms with Crippen LogP contribution in [0.3, 0.4) is 0 Å². The first-order valence-electron chi connectivity index (χ1n) is 6.67. The van der Waals surface area contributed by atoms with Crippen molar-refractivity contribution in [2.24, 2.45) is 0 Å². The number of rotatable bonds is 3. The lowest BCUT2D eigenvalue weighted by Gasteiger charge is -2.05. The molecule has 0 amide bonds. The van der Waals surface area contributed by atoms with Crippen LogP contribution in [0.1, 0.15) is 11.1 Å². The van der Waals surface area contributed by atoms with Crippen LogP contribution in [0.15, 0.2) is 60.8 Å². The van der Waals surface area contributed by atoms with Crippen LogP contribution in [0.5, 0.6) is 0 Å². The van der Waals surface area contributed by atoms with Gasteiger partial charge in [0.2, 0.25) is 0 Å². The van der Waals surface area contributed by atoms with E-state index in [1.54, 1.807) is 0 Å². The molecule has 20 heavy (non-hydrogen) atoms. The van der Waals surface area contributed by atoms with Gasteiger partial charge in [0, 0.05) is 11.8 Å². The molecular formula is C17H17N3. The highest BCUT2D eigenvalue weighted by Gasteiger charge is 2.08. The van der Waals surface area contributed by atoms with E-state index in [4.69, 9.17) is 5.73 Å². The van der Waals surface area contributed by atoms with Crippen LogP contribution in [-0.4, -0.2) is 9.78 Å². The van der Waals surface area contributed by atoms with Gasteiger partial charge >= 0.3 is 0 Å². The van der Waals surface area contributed by atoms with Crippen molar-refractivity contribution in [3.05, 3.63) is 71.9 Å². The summed E-state index contributed by atoms with van der Waals surface area (Å²) in [5.74, 6) is 0. The maximum Gasteiger partial charge on any atom is 0.115 e. The Labute approximate surface area is 118 Å². The summed E-state index contributed by atoms with van der Waals surface area (Å²) in [6.07, 6.45) is 1.90. The number of hydrogen-bond donors (Lipinski definition) is 1. The van der Waals surface area contributed by atoms with E-state index in [0.29, 0.717) is 5.69 Å². The first-order valence-corrected chi connectivity index (χ1v) is 6.67. The van der Waals surface area contributed by atoms with E-state index in [0.717, 1.165) is 17.8 Å². The molecule has 0 saturated carbocycles. The number of nitrogen functional groups attached to an aromatic ring is 1. The van der Waals surface area contributed by atoms with Crippen LogP contribution < -0.4 is 5.73 Å². The Morgan fingerprint density at radius 1 is 1.00 bits per heavy atom. The summed E-state index contributed by atoms with van der Waals surface area (Å²) in [5, 5.41) is 4.61. The summed E-state index contributed by atoms with van der Waals surface area (Å²) < 4.78 is 1.90. The number of benzene rings is 2. The largest absolute Gasteiger partial charge is 0.396 e. The van der Waals surface area contributed by atoms with Gasteiger partial charge in [-0.25, -0.2) is 0 Å². The molecule has 0 spiro atoms. The molecule has 3 heteroatoms. The molecule has 2 aromatic carbocycles. The average Bonchev–Trinajstić information content (AvgIpc) is 2.83. The van der Waals surface area contributed by atoms with Crippen LogP contribution in [0.2, 0.25) is 0 Å². The highest BCUT2D eigenvalue weighted by Crippen LogP contribution is 2.24. The molecular weight excluding hydrogens is 246 g/mol. The lowest BCUT2D eigenvalue weighted by molar-refractivity contribution is 0.687. The Hall–Kier alpha value is -2.55. The van der Waals surface area contributed by atoms with Gasteiger partial charge in [-0.15, -0.1) is 0 Å². The van der Waals surface area contributed by atoms with Crippen molar-refractivity contribution in [2.75, 3.05) is 5.73 Å². The van der Waals surface area contributed by atoms with Crippen molar-refractivity contribution in [2.45, 2.75) is 13.5 Å². The zero-order chi connectivity index (χ0) is 13.9. The predicted molar refractivity (Wildman–Crippen MR) is 82.4 cm³/mol.